The quantitative estimate of drug-likeness (QED) is 0.810. The number of rotatable bonds is 4. The van der Waals surface area contributed by atoms with Gasteiger partial charge in [-0.3, -0.25) is 4.79 Å². The zero-order valence-corrected chi connectivity index (χ0v) is 12.5. The molecule has 0 aliphatic heterocycles. The average molecular weight is 254 g/mol. The molecule has 1 rings (SSSR count). The smallest absolute Gasteiger partial charge is 0.225 e. The Kier molecular flexibility index (Phi) is 5.20. The van der Waals surface area contributed by atoms with Crippen molar-refractivity contribution in [1.82, 2.24) is 5.32 Å². The molecule has 1 amide bonds. The highest BCUT2D eigenvalue weighted by atomic mass is 16.2. The molecule has 1 saturated carbocycles. The van der Waals surface area contributed by atoms with Gasteiger partial charge in [0.2, 0.25) is 5.91 Å². The molecule has 106 valence electrons. The molecule has 1 fully saturated rings. The van der Waals surface area contributed by atoms with E-state index in [9.17, 15) is 4.79 Å². The van der Waals surface area contributed by atoms with Crippen molar-refractivity contribution in [2.75, 3.05) is 6.54 Å². The Balaban J connectivity index is 2.36. The summed E-state index contributed by atoms with van der Waals surface area (Å²) in [6.07, 6.45) is 6.60. The van der Waals surface area contributed by atoms with Crippen LogP contribution in [-0.2, 0) is 4.79 Å². The van der Waals surface area contributed by atoms with E-state index >= 15 is 0 Å². The Morgan fingerprint density at radius 2 is 1.83 bits per heavy atom. The molecule has 0 saturated heterocycles. The molecule has 0 spiro atoms. The SMILES string of the molecule is CC(C)(C)CC(N)CNC(=O)C1(C)CCCCC1. The fourth-order valence-corrected chi connectivity index (χ4v) is 2.86. The van der Waals surface area contributed by atoms with Gasteiger partial charge in [-0.2, -0.15) is 0 Å². The van der Waals surface area contributed by atoms with Crippen molar-refractivity contribution >= 4 is 5.91 Å². The fourth-order valence-electron chi connectivity index (χ4n) is 2.86. The van der Waals surface area contributed by atoms with Gasteiger partial charge < -0.3 is 11.1 Å². The lowest BCUT2D eigenvalue weighted by atomic mass is 9.75. The highest BCUT2D eigenvalue weighted by molar-refractivity contribution is 5.82. The lowest BCUT2D eigenvalue weighted by molar-refractivity contribution is -0.131. The van der Waals surface area contributed by atoms with Crippen LogP contribution >= 0.6 is 0 Å². The molecule has 0 aromatic heterocycles. The van der Waals surface area contributed by atoms with Crippen molar-refractivity contribution in [2.45, 2.75) is 72.3 Å². The van der Waals surface area contributed by atoms with E-state index in [0.717, 1.165) is 19.3 Å². The zero-order valence-electron chi connectivity index (χ0n) is 12.5. The third-order valence-electron chi connectivity index (χ3n) is 3.90. The van der Waals surface area contributed by atoms with Gasteiger partial charge in [-0.1, -0.05) is 47.0 Å². The van der Waals surface area contributed by atoms with Gasteiger partial charge >= 0.3 is 0 Å². The highest BCUT2D eigenvalue weighted by Crippen LogP contribution is 2.35. The lowest BCUT2D eigenvalue weighted by Gasteiger charge is -2.32. The predicted octanol–water partition coefficient (Wildman–Crippen LogP) is 2.84. The van der Waals surface area contributed by atoms with Crippen LogP contribution in [0.4, 0.5) is 0 Å². The van der Waals surface area contributed by atoms with Crippen LogP contribution in [0.5, 0.6) is 0 Å². The molecular formula is C15H30N2O. The number of nitrogens with one attached hydrogen (secondary N) is 1. The van der Waals surface area contributed by atoms with E-state index in [2.05, 4.69) is 33.0 Å². The van der Waals surface area contributed by atoms with Crippen LogP contribution in [0.1, 0.15) is 66.2 Å². The first-order chi connectivity index (χ1) is 8.23. The van der Waals surface area contributed by atoms with E-state index in [-0.39, 0.29) is 22.8 Å². The molecule has 0 heterocycles. The van der Waals surface area contributed by atoms with E-state index in [0.29, 0.717) is 6.54 Å². The number of carbonyl (C=O) groups is 1. The van der Waals surface area contributed by atoms with E-state index in [1.807, 2.05) is 0 Å². The number of nitrogens with two attached hydrogens (primary N) is 1. The van der Waals surface area contributed by atoms with Gasteiger partial charge in [-0.05, 0) is 24.7 Å². The van der Waals surface area contributed by atoms with Crippen molar-refractivity contribution in [3.8, 4) is 0 Å². The van der Waals surface area contributed by atoms with E-state index < -0.39 is 0 Å². The molecule has 0 aromatic rings. The number of carbonyl (C=O) groups excluding carboxylic acids is 1. The summed E-state index contributed by atoms with van der Waals surface area (Å²) in [5.41, 5.74) is 6.13. The summed E-state index contributed by atoms with van der Waals surface area (Å²) < 4.78 is 0. The summed E-state index contributed by atoms with van der Waals surface area (Å²) in [6.45, 7) is 9.23. The maximum absolute atomic E-state index is 12.2. The summed E-state index contributed by atoms with van der Waals surface area (Å²) in [6, 6.07) is 0.0566. The number of amides is 1. The third kappa shape index (κ3) is 4.97. The maximum Gasteiger partial charge on any atom is 0.225 e. The third-order valence-corrected chi connectivity index (χ3v) is 3.90. The first-order valence-corrected chi connectivity index (χ1v) is 7.27. The Hall–Kier alpha value is -0.570. The van der Waals surface area contributed by atoms with E-state index in [1.165, 1.54) is 19.3 Å². The average Bonchev–Trinajstić information content (AvgIpc) is 2.24. The fraction of sp³-hybridized carbons (Fsp3) is 0.933. The van der Waals surface area contributed by atoms with Gasteiger partial charge in [0, 0.05) is 18.0 Å². The molecule has 1 aliphatic rings. The summed E-state index contributed by atoms with van der Waals surface area (Å²) in [7, 11) is 0. The van der Waals surface area contributed by atoms with Crippen LogP contribution < -0.4 is 11.1 Å². The minimum absolute atomic E-state index is 0.0566. The standard InChI is InChI=1S/C15H30N2O/c1-14(2,3)10-12(16)11-17-13(18)15(4)8-6-5-7-9-15/h12H,5-11,16H2,1-4H3,(H,17,18). The summed E-state index contributed by atoms with van der Waals surface area (Å²) in [4.78, 5) is 12.2. The second-order valence-corrected chi connectivity index (χ2v) is 7.36. The summed E-state index contributed by atoms with van der Waals surface area (Å²) in [5, 5.41) is 3.05. The van der Waals surface area contributed by atoms with E-state index in [1.54, 1.807) is 0 Å². The second-order valence-electron chi connectivity index (χ2n) is 7.36. The van der Waals surface area contributed by atoms with Gasteiger partial charge in [0.1, 0.15) is 0 Å². The van der Waals surface area contributed by atoms with Crippen LogP contribution in [0, 0.1) is 10.8 Å². The molecule has 1 atom stereocenters. The van der Waals surface area contributed by atoms with Crippen molar-refractivity contribution < 1.29 is 4.79 Å². The normalized spacial score (nSPS) is 21.4. The second kappa shape index (κ2) is 6.05. The Bertz CT molecular complexity index is 275. The van der Waals surface area contributed by atoms with Gasteiger partial charge in [0.05, 0.1) is 0 Å². The lowest BCUT2D eigenvalue weighted by Crippen LogP contribution is -2.45. The van der Waals surface area contributed by atoms with Gasteiger partial charge in [-0.25, -0.2) is 0 Å². The predicted molar refractivity (Wildman–Crippen MR) is 76.2 cm³/mol. The number of hydrogen-bond acceptors (Lipinski definition) is 2. The first-order valence-electron chi connectivity index (χ1n) is 7.27. The molecular weight excluding hydrogens is 224 g/mol. The van der Waals surface area contributed by atoms with Crippen molar-refractivity contribution in [3.05, 3.63) is 0 Å². The van der Waals surface area contributed by atoms with Crippen LogP contribution in [0.3, 0.4) is 0 Å². The van der Waals surface area contributed by atoms with Crippen LogP contribution in [0.15, 0.2) is 0 Å². The summed E-state index contributed by atoms with van der Waals surface area (Å²) >= 11 is 0. The highest BCUT2D eigenvalue weighted by Gasteiger charge is 2.34. The van der Waals surface area contributed by atoms with Gasteiger partial charge in [-0.15, -0.1) is 0 Å². The Labute approximate surface area is 112 Å². The molecule has 3 heteroatoms. The van der Waals surface area contributed by atoms with Crippen molar-refractivity contribution in [3.63, 3.8) is 0 Å². The van der Waals surface area contributed by atoms with Gasteiger partial charge in [0.25, 0.3) is 0 Å². The Morgan fingerprint density at radius 1 is 1.28 bits per heavy atom. The van der Waals surface area contributed by atoms with Crippen molar-refractivity contribution in [1.29, 1.82) is 0 Å². The molecule has 1 aliphatic carbocycles. The van der Waals surface area contributed by atoms with E-state index in [4.69, 9.17) is 5.73 Å². The van der Waals surface area contributed by atoms with Gasteiger partial charge in [0.15, 0.2) is 0 Å². The zero-order chi connectivity index (χ0) is 13.8. The molecule has 3 N–H and O–H groups in total. The number of hydrogen-bond donors (Lipinski definition) is 2. The minimum Gasteiger partial charge on any atom is -0.354 e. The van der Waals surface area contributed by atoms with Crippen LogP contribution in [0.2, 0.25) is 0 Å². The largest absolute Gasteiger partial charge is 0.354 e. The van der Waals surface area contributed by atoms with Crippen LogP contribution in [-0.4, -0.2) is 18.5 Å². The molecule has 1 unspecified atom stereocenters. The topological polar surface area (TPSA) is 55.1 Å². The molecule has 0 aromatic carbocycles. The monoisotopic (exact) mass is 254 g/mol. The molecule has 3 nitrogen and oxygen atoms in total. The summed E-state index contributed by atoms with van der Waals surface area (Å²) in [5.74, 6) is 0.201. The first kappa shape index (κ1) is 15.5. The Morgan fingerprint density at radius 3 is 2.33 bits per heavy atom. The minimum atomic E-state index is -0.153. The molecule has 18 heavy (non-hydrogen) atoms. The maximum atomic E-state index is 12.2. The molecule has 0 bridgehead atoms. The van der Waals surface area contributed by atoms with Crippen LogP contribution in [0.25, 0.3) is 0 Å². The molecule has 0 radical (unpaired) electrons. The van der Waals surface area contributed by atoms with Crippen molar-refractivity contribution in [2.24, 2.45) is 16.6 Å².